The maximum absolute atomic E-state index is 11.8. The molecule has 2 N–H and O–H groups in total. The standard InChI is InChI=1S/C12H15N5O2/c1-3-9-15-11(17-16-9)12(18)14-7-8-4-5-10(19-2)13-6-8/h4-6H,3,7H2,1-2H3,(H,14,18)(H,15,16,17). The molecule has 2 aromatic rings. The van der Waals surface area contributed by atoms with E-state index < -0.39 is 0 Å². The summed E-state index contributed by atoms with van der Waals surface area (Å²) in [5.41, 5.74) is 0.875. The number of ether oxygens (including phenoxy) is 1. The quantitative estimate of drug-likeness (QED) is 0.826. The number of H-pyrrole nitrogens is 1. The van der Waals surface area contributed by atoms with Crippen LogP contribution in [0.25, 0.3) is 0 Å². The Bertz CT molecular complexity index is 550. The van der Waals surface area contributed by atoms with Gasteiger partial charge in [-0.05, 0) is 5.56 Å². The number of aromatic nitrogens is 4. The smallest absolute Gasteiger partial charge is 0.291 e. The Morgan fingerprint density at radius 1 is 1.47 bits per heavy atom. The first-order chi connectivity index (χ1) is 9.22. The van der Waals surface area contributed by atoms with Crippen molar-refractivity contribution in [3.8, 4) is 5.88 Å². The van der Waals surface area contributed by atoms with Crippen molar-refractivity contribution in [3.05, 3.63) is 35.5 Å². The lowest BCUT2D eigenvalue weighted by Crippen LogP contribution is -2.24. The number of carbonyl (C=O) groups excluding carboxylic acids is 1. The zero-order valence-electron chi connectivity index (χ0n) is 10.8. The molecule has 0 aliphatic rings. The van der Waals surface area contributed by atoms with E-state index in [2.05, 4.69) is 25.5 Å². The monoisotopic (exact) mass is 261 g/mol. The van der Waals surface area contributed by atoms with Crippen molar-refractivity contribution >= 4 is 5.91 Å². The average Bonchev–Trinajstić information content (AvgIpc) is 2.94. The zero-order chi connectivity index (χ0) is 13.7. The lowest BCUT2D eigenvalue weighted by atomic mass is 10.3. The van der Waals surface area contributed by atoms with Crippen LogP contribution in [0.15, 0.2) is 18.3 Å². The molecular formula is C12H15N5O2. The minimum Gasteiger partial charge on any atom is -0.481 e. The Morgan fingerprint density at radius 2 is 2.32 bits per heavy atom. The topological polar surface area (TPSA) is 92.8 Å². The average molecular weight is 261 g/mol. The fourth-order valence-electron chi connectivity index (χ4n) is 1.45. The molecule has 0 aliphatic carbocycles. The summed E-state index contributed by atoms with van der Waals surface area (Å²) in [5, 5.41) is 9.27. The van der Waals surface area contributed by atoms with Gasteiger partial charge in [0.2, 0.25) is 11.7 Å². The molecule has 0 fully saturated rings. The van der Waals surface area contributed by atoms with E-state index in [0.29, 0.717) is 24.7 Å². The van der Waals surface area contributed by atoms with Gasteiger partial charge < -0.3 is 10.1 Å². The summed E-state index contributed by atoms with van der Waals surface area (Å²) in [6.45, 7) is 2.30. The molecule has 0 unspecified atom stereocenters. The van der Waals surface area contributed by atoms with E-state index in [1.54, 1.807) is 19.4 Å². The van der Waals surface area contributed by atoms with Gasteiger partial charge in [0.15, 0.2) is 0 Å². The maximum atomic E-state index is 11.8. The Morgan fingerprint density at radius 3 is 2.89 bits per heavy atom. The van der Waals surface area contributed by atoms with Crippen LogP contribution in [0.2, 0.25) is 0 Å². The van der Waals surface area contributed by atoms with Crippen LogP contribution in [0, 0.1) is 0 Å². The van der Waals surface area contributed by atoms with Crippen LogP contribution < -0.4 is 10.1 Å². The second-order valence-corrected chi connectivity index (χ2v) is 3.85. The van der Waals surface area contributed by atoms with Gasteiger partial charge in [0.25, 0.3) is 5.91 Å². The molecule has 0 bridgehead atoms. The summed E-state index contributed by atoms with van der Waals surface area (Å²) in [4.78, 5) is 19.9. The van der Waals surface area contributed by atoms with Crippen LogP contribution >= 0.6 is 0 Å². The highest BCUT2D eigenvalue weighted by Gasteiger charge is 2.11. The summed E-state index contributed by atoms with van der Waals surface area (Å²) < 4.78 is 4.96. The summed E-state index contributed by atoms with van der Waals surface area (Å²) in [5.74, 6) is 1.07. The molecule has 0 saturated carbocycles. The highest BCUT2D eigenvalue weighted by molar-refractivity contribution is 5.90. The number of nitrogens with one attached hydrogen (secondary N) is 2. The fourth-order valence-corrected chi connectivity index (χ4v) is 1.45. The third kappa shape index (κ3) is 3.27. The molecule has 100 valence electrons. The number of aryl methyl sites for hydroxylation is 1. The van der Waals surface area contributed by atoms with Gasteiger partial charge in [-0.1, -0.05) is 13.0 Å². The van der Waals surface area contributed by atoms with Gasteiger partial charge in [-0.25, -0.2) is 9.97 Å². The van der Waals surface area contributed by atoms with Gasteiger partial charge in [0.1, 0.15) is 5.82 Å². The van der Waals surface area contributed by atoms with Crippen molar-refractivity contribution < 1.29 is 9.53 Å². The molecule has 2 heterocycles. The van der Waals surface area contributed by atoms with Crippen LogP contribution in [0.3, 0.4) is 0 Å². The Hall–Kier alpha value is -2.44. The lowest BCUT2D eigenvalue weighted by molar-refractivity contribution is 0.0941. The van der Waals surface area contributed by atoms with Crippen molar-refractivity contribution in [3.63, 3.8) is 0 Å². The summed E-state index contributed by atoms with van der Waals surface area (Å²) in [6.07, 6.45) is 2.36. The molecular weight excluding hydrogens is 246 g/mol. The number of pyridine rings is 1. The predicted molar refractivity (Wildman–Crippen MR) is 67.7 cm³/mol. The minimum absolute atomic E-state index is 0.151. The highest BCUT2D eigenvalue weighted by Crippen LogP contribution is 2.06. The summed E-state index contributed by atoms with van der Waals surface area (Å²) >= 11 is 0. The van der Waals surface area contributed by atoms with Crippen molar-refractivity contribution in [2.75, 3.05) is 7.11 Å². The molecule has 0 atom stereocenters. The number of nitrogens with zero attached hydrogens (tertiary/aromatic N) is 3. The number of hydrogen-bond acceptors (Lipinski definition) is 5. The number of amides is 1. The normalized spacial score (nSPS) is 10.2. The maximum Gasteiger partial charge on any atom is 0.291 e. The van der Waals surface area contributed by atoms with Gasteiger partial charge in [0, 0.05) is 25.2 Å². The summed E-state index contributed by atoms with van der Waals surface area (Å²) in [7, 11) is 1.55. The van der Waals surface area contributed by atoms with E-state index in [0.717, 1.165) is 5.56 Å². The number of methoxy groups -OCH3 is 1. The second-order valence-electron chi connectivity index (χ2n) is 3.85. The van der Waals surface area contributed by atoms with Gasteiger partial charge in [-0.15, -0.1) is 5.10 Å². The van der Waals surface area contributed by atoms with Crippen molar-refractivity contribution in [1.82, 2.24) is 25.5 Å². The predicted octanol–water partition coefficient (Wildman–Crippen LogP) is 0.701. The van der Waals surface area contributed by atoms with Crippen LogP contribution in [0.5, 0.6) is 5.88 Å². The largest absolute Gasteiger partial charge is 0.481 e. The van der Waals surface area contributed by atoms with E-state index in [1.807, 2.05) is 13.0 Å². The Labute approximate surface area is 110 Å². The highest BCUT2D eigenvalue weighted by atomic mass is 16.5. The lowest BCUT2D eigenvalue weighted by Gasteiger charge is -2.03. The molecule has 1 amide bonds. The number of rotatable bonds is 5. The van der Waals surface area contributed by atoms with Gasteiger partial charge in [0.05, 0.1) is 7.11 Å². The van der Waals surface area contributed by atoms with E-state index in [1.165, 1.54) is 0 Å². The molecule has 7 nitrogen and oxygen atoms in total. The van der Waals surface area contributed by atoms with Crippen molar-refractivity contribution in [1.29, 1.82) is 0 Å². The van der Waals surface area contributed by atoms with E-state index in [-0.39, 0.29) is 11.7 Å². The molecule has 7 heteroatoms. The number of aromatic amines is 1. The van der Waals surface area contributed by atoms with E-state index in [9.17, 15) is 4.79 Å². The van der Waals surface area contributed by atoms with Gasteiger partial charge in [-0.3, -0.25) is 9.89 Å². The van der Waals surface area contributed by atoms with E-state index >= 15 is 0 Å². The Balaban J connectivity index is 1.92. The van der Waals surface area contributed by atoms with Crippen LogP contribution in [-0.2, 0) is 13.0 Å². The SMILES string of the molecule is CCc1nc(C(=O)NCc2ccc(OC)nc2)n[nH]1. The number of carbonyl (C=O) groups is 1. The van der Waals surface area contributed by atoms with Crippen LogP contribution in [-0.4, -0.2) is 33.2 Å². The number of hydrogen-bond donors (Lipinski definition) is 2. The molecule has 0 spiro atoms. The first-order valence-corrected chi connectivity index (χ1v) is 5.91. The molecule has 0 aromatic carbocycles. The molecule has 2 aromatic heterocycles. The third-order valence-electron chi connectivity index (χ3n) is 2.53. The van der Waals surface area contributed by atoms with Crippen molar-refractivity contribution in [2.45, 2.75) is 19.9 Å². The minimum atomic E-state index is -0.313. The molecule has 0 saturated heterocycles. The second kappa shape index (κ2) is 5.94. The molecule has 19 heavy (non-hydrogen) atoms. The molecule has 0 aliphatic heterocycles. The van der Waals surface area contributed by atoms with E-state index in [4.69, 9.17) is 4.74 Å². The van der Waals surface area contributed by atoms with Gasteiger partial charge in [-0.2, -0.15) is 0 Å². The third-order valence-corrected chi connectivity index (χ3v) is 2.53. The molecule has 0 radical (unpaired) electrons. The first kappa shape index (κ1) is 13.0. The fraction of sp³-hybridized carbons (Fsp3) is 0.333. The summed E-state index contributed by atoms with van der Waals surface area (Å²) in [6, 6.07) is 3.57. The van der Waals surface area contributed by atoms with Crippen LogP contribution in [0.4, 0.5) is 0 Å². The molecule has 2 rings (SSSR count). The first-order valence-electron chi connectivity index (χ1n) is 5.91. The van der Waals surface area contributed by atoms with Crippen LogP contribution in [0.1, 0.15) is 28.9 Å². The van der Waals surface area contributed by atoms with Gasteiger partial charge >= 0.3 is 0 Å². The van der Waals surface area contributed by atoms with Crippen molar-refractivity contribution in [2.24, 2.45) is 0 Å². The zero-order valence-corrected chi connectivity index (χ0v) is 10.8. The Kier molecular flexibility index (Phi) is 4.07.